The van der Waals surface area contributed by atoms with Crippen molar-refractivity contribution >= 4 is 35.1 Å². The summed E-state index contributed by atoms with van der Waals surface area (Å²) in [7, 11) is 0. The van der Waals surface area contributed by atoms with Crippen LogP contribution in [0, 0.1) is 5.92 Å². The molecule has 2 atom stereocenters. The summed E-state index contributed by atoms with van der Waals surface area (Å²) in [5, 5.41) is 12.5. The molecule has 2 aliphatic rings. The second kappa shape index (κ2) is 7.49. The molecule has 132 valence electrons. The molecule has 0 aromatic heterocycles. The highest BCUT2D eigenvalue weighted by molar-refractivity contribution is 6.30. The standard InChI is InChI=1S/C19H15ClN2O4/c20-13-7-5-11(6-8-13)18(24)22-16(19(25)26)9-12-10-17(23)21-15-4-2-1-3-14(12)15/h1-8,10,14,16H,9H2,(H,22,24)(H,25,26). The molecular weight excluding hydrogens is 356 g/mol. The van der Waals surface area contributed by atoms with Gasteiger partial charge >= 0.3 is 5.97 Å². The molecule has 1 aliphatic heterocycles. The van der Waals surface area contributed by atoms with Crippen molar-refractivity contribution in [2.75, 3.05) is 0 Å². The second-order valence-corrected chi connectivity index (χ2v) is 6.33. The lowest BCUT2D eigenvalue weighted by atomic mass is 9.84. The molecule has 0 radical (unpaired) electrons. The first kappa shape index (κ1) is 17.8. The number of benzene rings is 1. The highest BCUT2D eigenvalue weighted by Gasteiger charge is 2.29. The van der Waals surface area contributed by atoms with Crippen molar-refractivity contribution in [3.8, 4) is 0 Å². The first-order chi connectivity index (χ1) is 12.4. The van der Waals surface area contributed by atoms with E-state index >= 15 is 0 Å². The predicted octanol–water partition coefficient (Wildman–Crippen LogP) is 2.56. The molecule has 2 N–H and O–H groups in total. The zero-order chi connectivity index (χ0) is 18.7. The van der Waals surface area contributed by atoms with Gasteiger partial charge in [0.2, 0.25) is 0 Å². The van der Waals surface area contributed by atoms with E-state index in [0.29, 0.717) is 21.9 Å². The normalized spacial score (nSPS) is 19.3. The number of carbonyl (C=O) groups is 3. The lowest BCUT2D eigenvalue weighted by Crippen LogP contribution is -2.42. The lowest BCUT2D eigenvalue weighted by molar-refractivity contribution is -0.139. The molecule has 0 saturated carbocycles. The van der Waals surface area contributed by atoms with Crippen LogP contribution >= 0.6 is 11.6 Å². The fourth-order valence-corrected chi connectivity index (χ4v) is 2.95. The molecule has 0 saturated heterocycles. The quantitative estimate of drug-likeness (QED) is 0.832. The average Bonchev–Trinajstić information content (AvgIpc) is 2.61. The topological polar surface area (TPSA) is 95.8 Å². The molecule has 1 aromatic rings. The van der Waals surface area contributed by atoms with Gasteiger partial charge in [-0.25, -0.2) is 9.79 Å². The highest BCUT2D eigenvalue weighted by atomic mass is 35.5. The van der Waals surface area contributed by atoms with E-state index in [1.54, 1.807) is 24.3 Å². The van der Waals surface area contributed by atoms with Gasteiger partial charge in [0.15, 0.2) is 0 Å². The Hall–Kier alpha value is -2.99. The minimum atomic E-state index is -1.18. The number of carboxylic acids is 1. The lowest BCUT2D eigenvalue weighted by Gasteiger charge is -2.25. The van der Waals surface area contributed by atoms with Gasteiger partial charge in [-0.2, -0.15) is 0 Å². The summed E-state index contributed by atoms with van der Waals surface area (Å²) >= 11 is 5.79. The molecule has 1 aromatic carbocycles. The smallest absolute Gasteiger partial charge is 0.326 e. The molecule has 0 spiro atoms. The predicted molar refractivity (Wildman–Crippen MR) is 97.3 cm³/mol. The minimum absolute atomic E-state index is 0.00225. The summed E-state index contributed by atoms with van der Waals surface area (Å²) in [6.45, 7) is 0. The van der Waals surface area contributed by atoms with Gasteiger partial charge in [0.1, 0.15) is 6.04 Å². The van der Waals surface area contributed by atoms with Crippen LogP contribution in [0.25, 0.3) is 0 Å². The number of hydrogen-bond acceptors (Lipinski definition) is 3. The molecule has 3 rings (SSSR count). The van der Waals surface area contributed by atoms with Crippen molar-refractivity contribution in [2.45, 2.75) is 12.5 Å². The number of carboxylic acid groups (broad SMARTS) is 1. The van der Waals surface area contributed by atoms with Crippen molar-refractivity contribution in [1.29, 1.82) is 0 Å². The summed E-state index contributed by atoms with van der Waals surface area (Å²) in [6.07, 6.45) is 8.48. The van der Waals surface area contributed by atoms with Gasteiger partial charge in [0, 0.05) is 29.0 Å². The second-order valence-electron chi connectivity index (χ2n) is 5.89. The third-order valence-corrected chi connectivity index (χ3v) is 4.35. The van der Waals surface area contributed by atoms with Crippen LogP contribution in [0.2, 0.25) is 5.02 Å². The van der Waals surface area contributed by atoms with Crippen LogP contribution in [0.4, 0.5) is 0 Å². The summed E-state index contributed by atoms with van der Waals surface area (Å²) in [5.74, 6) is -2.39. The number of amides is 2. The number of nitrogens with zero attached hydrogens (tertiary/aromatic N) is 1. The number of allylic oxidation sites excluding steroid dienone is 4. The molecule has 26 heavy (non-hydrogen) atoms. The number of halogens is 1. The Morgan fingerprint density at radius 3 is 2.65 bits per heavy atom. The Balaban J connectivity index is 1.76. The van der Waals surface area contributed by atoms with Crippen LogP contribution < -0.4 is 5.32 Å². The van der Waals surface area contributed by atoms with E-state index in [-0.39, 0.29) is 12.3 Å². The number of carbonyl (C=O) groups excluding carboxylic acids is 2. The zero-order valence-electron chi connectivity index (χ0n) is 13.6. The van der Waals surface area contributed by atoms with Crippen molar-refractivity contribution in [1.82, 2.24) is 5.32 Å². The SMILES string of the molecule is O=C1C=C(CC(NC(=O)c2ccc(Cl)cc2)C(=O)O)C2C=CC=CC2=N1. The van der Waals surface area contributed by atoms with E-state index in [9.17, 15) is 19.5 Å². The molecule has 2 amide bonds. The summed E-state index contributed by atoms with van der Waals surface area (Å²) in [5.41, 5.74) is 1.48. The molecule has 0 bridgehead atoms. The third-order valence-electron chi connectivity index (χ3n) is 4.10. The Bertz CT molecular complexity index is 881. The molecule has 2 unspecified atom stereocenters. The Morgan fingerprint density at radius 1 is 1.23 bits per heavy atom. The van der Waals surface area contributed by atoms with Gasteiger partial charge < -0.3 is 10.4 Å². The summed E-state index contributed by atoms with van der Waals surface area (Å²) in [6, 6.07) is 4.96. The van der Waals surface area contributed by atoms with E-state index in [1.165, 1.54) is 18.2 Å². The average molecular weight is 371 g/mol. The van der Waals surface area contributed by atoms with Crippen molar-refractivity contribution < 1.29 is 19.5 Å². The van der Waals surface area contributed by atoms with E-state index < -0.39 is 23.8 Å². The highest BCUT2D eigenvalue weighted by Crippen LogP contribution is 2.27. The number of dihydropyridines is 1. The van der Waals surface area contributed by atoms with Gasteiger partial charge in [0.05, 0.1) is 5.71 Å². The Kier molecular flexibility index (Phi) is 5.14. The molecule has 0 fully saturated rings. The van der Waals surface area contributed by atoms with Gasteiger partial charge in [-0.3, -0.25) is 9.59 Å². The Labute approximate surface area is 154 Å². The minimum Gasteiger partial charge on any atom is -0.480 e. The largest absolute Gasteiger partial charge is 0.480 e. The maximum absolute atomic E-state index is 12.3. The summed E-state index contributed by atoms with van der Waals surface area (Å²) in [4.78, 5) is 39.7. The molecule has 1 heterocycles. The van der Waals surface area contributed by atoms with E-state index in [4.69, 9.17) is 11.6 Å². The number of nitrogens with one attached hydrogen (secondary N) is 1. The van der Waals surface area contributed by atoms with Gasteiger partial charge in [-0.15, -0.1) is 0 Å². The van der Waals surface area contributed by atoms with Crippen LogP contribution in [0.5, 0.6) is 0 Å². The number of hydrogen-bond donors (Lipinski definition) is 2. The first-order valence-corrected chi connectivity index (χ1v) is 8.29. The number of rotatable bonds is 5. The molecule has 1 aliphatic carbocycles. The van der Waals surface area contributed by atoms with Gasteiger partial charge in [0.25, 0.3) is 11.8 Å². The maximum Gasteiger partial charge on any atom is 0.326 e. The molecule has 6 nitrogen and oxygen atoms in total. The monoisotopic (exact) mass is 370 g/mol. The van der Waals surface area contributed by atoms with E-state index in [2.05, 4.69) is 10.3 Å². The van der Waals surface area contributed by atoms with E-state index in [0.717, 1.165) is 0 Å². The van der Waals surface area contributed by atoms with Gasteiger partial charge in [-0.05, 0) is 35.9 Å². The molecular formula is C19H15ClN2O4. The van der Waals surface area contributed by atoms with Crippen molar-refractivity contribution in [3.63, 3.8) is 0 Å². The van der Waals surface area contributed by atoms with Crippen LogP contribution in [0.1, 0.15) is 16.8 Å². The first-order valence-electron chi connectivity index (χ1n) is 7.91. The van der Waals surface area contributed by atoms with Gasteiger partial charge in [-0.1, -0.05) is 29.8 Å². The summed E-state index contributed by atoms with van der Waals surface area (Å²) < 4.78 is 0. The van der Waals surface area contributed by atoms with Crippen LogP contribution in [0.15, 0.2) is 65.2 Å². The number of aliphatic imine (C=N–C) groups is 1. The third kappa shape index (κ3) is 3.97. The van der Waals surface area contributed by atoms with Crippen LogP contribution in [-0.2, 0) is 9.59 Å². The number of fused-ring (bicyclic) bond motifs is 1. The van der Waals surface area contributed by atoms with Crippen molar-refractivity contribution in [2.24, 2.45) is 10.9 Å². The fraction of sp³-hybridized carbons (Fsp3) is 0.158. The number of aliphatic carboxylic acids is 1. The zero-order valence-corrected chi connectivity index (χ0v) is 14.3. The van der Waals surface area contributed by atoms with Crippen LogP contribution in [0.3, 0.4) is 0 Å². The molecule has 7 heteroatoms. The van der Waals surface area contributed by atoms with Crippen LogP contribution in [-0.4, -0.2) is 34.6 Å². The van der Waals surface area contributed by atoms with E-state index in [1.807, 2.05) is 12.2 Å². The fourth-order valence-electron chi connectivity index (χ4n) is 2.82. The maximum atomic E-state index is 12.3. The van der Waals surface area contributed by atoms with Crippen molar-refractivity contribution in [3.05, 3.63) is 70.8 Å². The Morgan fingerprint density at radius 2 is 1.96 bits per heavy atom.